The van der Waals surface area contributed by atoms with Crippen LogP contribution in [0.5, 0.6) is 0 Å². The maximum atomic E-state index is 12.4. The van der Waals surface area contributed by atoms with Gasteiger partial charge in [0.25, 0.3) is 5.56 Å². The van der Waals surface area contributed by atoms with Crippen LogP contribution in [0, 0.1) is 11.3 Å². The van der Waals surface area contributed by atoms with Crippen LogP contribution in [-0.2, 0) is 21.3 Å². The van der Waals surface area contributed by atoms with Crippen LogP contribution < -0.4 is 16.6 Å². The first-order valence-corrected chi connectivity index (χ1v) is 9.53. The summed E-state index contributed by atoms with van der Waals surface area (Å²) in [5.41, 5.74) is 5.64. The van der Waals surface area contributed by atoms with Gasteiger partial charge >= 0.3 is 5.97 Å². The Morgan fingerprint density at radius 1 is 1.38 bits per heavy atom. The summed E-state index contributed by atoms with van der Waals surface area (Å²) in [6.07, 6.45) is -0.288. The molecule has 0 amide bonds. The Labute approximate surface area is 171 Å². The van der Waals surface area contributed by atoms with E-state index in [4.69, 9.17) is 16.6 Å². The number of ether oxygens (including phenoxy) is 2. The average Bonchev–Trinajstić information content (AvgIpc) is 3.12. The molecule has 10 heteroatoms. The summed E-state index contributed by atoms with van der Waals surface area (Å²) in [5, 5.41) is 2.83. The topological polar surface area (TPSA) is 126 Å². The van der Waals surface area contributed by atoms with E-state index in [0.717, 1.165) is 0 Å². The quantitative estimate of drug-likeness (QED) is 0.468. The van der Waals surface area contributed by atoms with E-state index in [1.54, 1.807) is 14.1 Å². The summed E-state index contributed by atoms with van der Waals surface area (Å²) in [6, 6.07) is -0.766. The Bertz CT molecular complexity index is 966. The number of hydrogen-bond donors (Lipinski definition) is 2. The molecule has 0 fully saturated rings. The minimum Gasteiger partial charge on any atom is -0.462 e. The van der Waals surface area contributed by atoms with Crippen molar-refractivity contribution in [2.45, 2.75) is 46.9 Å². The summed E-state index contributed by atoms with van der Waals surface area (Å²) in [7, 11) is 3.22. The number of hydrogen-bond acceptors (Lipinski definition) is 8. The van der Waals surface area contributed by atoms with Crippen molar-refractivity contribution in [1.29, 1.82) is 0 Å². The van der Waals surface area contributed by atoms with E-state index in [1.807, 2.05) is 27.7 Å². The first kappa shape index (κ1) is 21.3. The van der Waals surface area contributed by atoms with E-state index in [2.05, 4.69) is 15.3 Å². The molecule has 1 unspecified atom stereocenters. The van der Waals surface area contributed by atoms with Gasteiger partial charge in [-0.05, 0) is 18.3 Å². The van der Waals surface area contributed by atoms with Crippen molar-refractivity contribution in [1.82, 2.24) is 19.1 Å². The first-order valence-electron chi connectivity index (χ1n) is 10.0. The Balaban J connectivity index is 2.07. The predicted octanol–water partition coefficient (Wildman–Crippen LogP) is 1.26. The van der Waals surface area contributed by atoms with E-state index in [0.29, 0.717) is 5.95 Å². The van der Waals surface area contributed by atoms with E-state index in [-0.39, 0.29) is 35.9 Å². The van der Waals surface area contributed by atoms with Crippen LogP contribution in [0.15, 0.2) is 11.1 Å². The average molecular weight is 410 g/mol. The molecule has 0 saturated heterocycles. The third kappa shape index (κ3) is 4.59. The highest BCUT2D eigenvalue weighted by Gasteiger charge is 2.35. The molecule has 162 valence electrons. The van der Waals surface area contributed by atoms with Crippen molar-refractivity contribution in [3.05, 3.63) is 16.7 Å². The Kier molecular flexibility index (Phi) is 6.53. The van der Waals surface area contributed by atoms with Crippen LogP contribution in [0.4, 0.5) is 5.95 Å². The Hall–Kier alpha value is -2.46. The lowest BCUT2D eigenvalue weighted by molar-refractivity contribution is -0.151. The molecule has 2 atom stereocenters. The lowest BCUT2D eigenvalue weighted by Gasteiger charge is -2.33. The van der Waals surface area contributed by atoms with E-state index >= 15 is 0 Å². The largest absolute Gasteiger partial charge is 0.462 e. The SMILES string of the molecule is [2H]C(C)(OCCOC(=O)[C@@H](N)C(C)(C)C(C)C)n1cnc2c(=O)n(C)c(NC)nc21. The number of imidazole rings is 1. The van der Waals surface area contributed by atoms with Crippen molar-refractivity contribution < 1.29 is 15.6 Å². The number of anilines is 1. The second kappa shape index (κ2) is 8.91. The number of carbonyl (C=O) groups excluding carboxylic acids is 1. The Morgan fingerprint density at radius 3 is 2.62 bits per heavy atom. The fourth-order valence-electron chi connectivity index (χ4n) is 2.64. The first-order chi connectivity index (χ1) is 13.8. The highest BCUT2D eigenvalue weighted by Crippen LogP contribution is 2.29. The predicted molar refractivity (Wildman–Crippen MR) is 111 cm³/mol. The van der Waals surface area contributed by atoms with Gasteiger partial charge in [0.15, 0.2) is 11.2 Å². The molecular weight excluding hydrogens is 376 g/mol. The van der Waals surface area contributed by atoms with Crippen molar-refractivity contribution in [3.63, 3.8) is 0 Å². The molecule has 2 aromatic heterocycles. The fourth-order valence-corrected chi connectivity index (χ4v) is 2.64. The number of aromatic nitrogens is 4. The number of fused-ring (bicyclic) bond motifs is 1. The molecule has 10 nitrogen and oxygen atoms in total. The molecule has 0 aliphatic heterocycles. The van der Waals surface area contributed by atoms with E-state index < -0.39 is 23.6 Å². The number of rotatable bonds is 9. The summed E-state index contributed by atoms with van der Waals surface area (Å²) in [4.78, 5) is 33.1. The van der Waals surface area contributed by atoms with Gasteiger partial charge in [0.2, 0.25) is 5.95 Å². The molecule has 0 spiro atoms. The fraction of sp³-hybridized carbons (Fsp3) is 0.684. The summed E-state index contributed by atoms with van der Waals surface area (Å²) >= 11 is 0. The van der Waals surface area contributed by atoms with E-state index in [9.17, 15) is 9.59 Å². The van der Waals surface area contributed by atoms with Crippen LogP contribution in [0.25, 0.3) is 11.2 Å². The summed E-state index contributed by atoms with van der Waals surface area (Å²) in [6.45, 7) is 9.23. The number of nitrogens with two attached hydrogens (primary N) is 1. The van der Waals surface area contributed by atoms with Crippen LogP contribution in [0.3, 0.4) is 0 Å². The Morgan fingerprint density at radius 2 is 2.03 bits per heavy atom. The maximum Gasteiger partial charge on any atom is 0.323 e. The van der Waals surface area contributed by atoms with Crippen LogP contribution in [0.2, 0.25) is 0 Å². The molecule has 0 aliphatic rings. The second-order valence-electron chi connectivity index (χ2n) is 7.83. The van der Waals surface area contributed by atoms with Gasteiger partial charge in [-0.25, -0.2) is 4.98 Å². The maximum absolute atomic E-state index is 12.4. The molecule has 2 heterocycles. The van der Waals surface area contributed by atoms with Gasteiger partial charge in [-0.2, -0.15) is 4.98 Å². The van der Waals surface area contributed by atoms with Crippen molar-refractivity contribution in [2.24, 2.45) is 24.1 Å². The van der Waals surface area contributed by atoms with Gasteiger partial charge in [-0.15, -0.1) is 0 Å². The monoisotopic (exact) mass is 409 g/mol. The molecule has 0 radical (unpaired) electrons. The van der Waals surface area contributed by atoms with Gasteiger partial charge in [0, 0.05) is 14.1 Å². The highest BCUT2D eigenvalue weighted by atomic mass is 16.6. The number of nitrogens with zero attached hydrogens (tertiary/aromatic N) is 4. The van der Waals surface area contributed by atoms with Crippen LogP contribution in [0.1, 0.15) is 42.2 Å². The molecule has 2 aromatic rings. The molecule has 3 N–H and O–H groups in total. The van der Waals surface area contributed by atoms with Gasteiger partial charge in [-0.3, -0.25) is 18.7 Å². The van der Waals surface area contributed by atoms with Gasteiger partial charge in [0.1, 0.15) is 18.9 Å². The highest BCUT2D eigenvalue weighted by molar-refractivity contribution is 5.76. The third-order valence-electron chi connectivity index (χ3n) is 5.52. The third-order valence-corrected chi connectivity index (χ3v) is 5.52. The minimum absolute atomic E-state index is 0.0377. The normalized spacial score (nSPS) is 15.8. The lowest BCUT2D eigenvalue weighted by atomic mass is 9.75. The zero-order chi connectivity index (χ0) is 22.9. The number of carbonyl (C=O) groups is 1. The zero-order valence-corrected chi connectivity index (χ0v) is 18.1. The van der Waals surface area contributed by atoms with Crippen molar-refractivity contribution in [3.8, 4) is 0 Å². The molecule has 2 rings (SSSR count). The molecule has 0 aromatic carbocycles. The molecule has 0 bridgehead atoms. The van der Waals surface area contributed by atoms with Gasteiger partial charge in [0.05, 0.1) is 14.3 Å². The summed E-state index contributed by atoms with van der Waals surface area (Å²) < 4.78 is 22.0. The second-order valence-corrected chi connectivity index (χ2v) is 7.83. The van der Waals surface area contributed by atoms with Crippen LogP contribution in [-0.4, -0.2) is 51.4 Å². The van der Waals surface area contributed by atoms with Gasteiger partial charge in [-0.1, -0.05) is 27.7 Å². The minimum atomic E-state index is -1.62. The van der Waals surface area contributed by atoms with Gasteiger partial charge < -0.3 is 20.5 Å². The smallest absolute Gasteiger partial charge is 0.323 e. The molecule has 0 saturated carbocycles. The lowest BCUT2D eigenvalue weighted by Crippen LogP contribution is -2.47. The number of esters is 1. The molecule has 0 aliphatic carbocycles. The molecular formula is C19H32N6O4. The summed E-state index contributed by atoms with van der Waals surface area (Å²) in [5.74, 6) is 0.0201. The van der Waals surface area contributed by atoms with Crippen molar-refractivity contribution in [2.75, 3.05) is 25.6 Å². The van der Waals surface area contributed by atoms with E-state index in [1.165, 1.54) is 22.4 Å². The zero-order valence-electron chi connectivity index (χ0n) is 19.1. The van der Waals surface area contributed by atoms with Crippen molar-refractivity contribution >= 4 is 23.1 Å². The number of nitrogens with one attached hydrogen (secondary N) is 1. The van der Waals surface area contributed by atoms with Crippen LogP contribution >= 0.6 is 0 Å². The molecule has 29 heavy (non-hydrogen) atoms. The standard InChI is InChI=1S/C19H32N6O4/c1-11(2)19(4,5)14(20)17(27)29-9-8-28-12(3)25-10-22-13-15(25)23-18(21-6)24(7)16(13)26/h10-12,14H,8-9,20H2,1-7H3,(H,21,23)/t12?,14-/m1/s1/i12D.